The zero-order chi connectivity index (χ0) is 24.6. The largest absolute Gasteiger partial charge is 0.472 e. The van der Waals surface area contributed by atoms with Crippen LogP contribution in [0.3, 0.4) is 0 Å². The summed E-state index contributed by atoms with van der Waals surface area (Å²) in [7, 11) is -3.82. The number of benzene rings is 1. The SMILES string of the molecule is CC1(C)OC(CC23CC4CC2CC(C(N)=O)(C4)C3)=NS(=O)(=O)[C@@H]1c1ccc(C2CCNCC2)cc1. The first-order valence-electron chi connectivity index (χ1n) is 13.1. The first-order valence-corrected chi connectivity index (χ1v) is 14.6. The fraction of sp³-hybridized carbons (Fsp3) is 0.704. The van der Waals surface area contributed by atoms with Gasteiger partial charge in [0.25, 0.3) is 10.0 Å². The van der Waals surface area contributed by atoms with Gasteiger partial charge in [-0.3, -0.25) is 4.79 Å². The highest BCUT2D eigenvalue weighted by Crippen LogP contribution is 2.71. The van der Waals surface area contributed by atoms with E-state index in [1.165, 1.54) is 5.56 Å². The second-order valence-electron chi connectivity index (χ2n) is 12.5. The minimum absolute atomic E-state index is 0.119. The Hall–Kier alpha value is -1.93. The van der Waals surface area contributed by atoms with Crippen molar-refractivity contribution in [3.63, 3.8) is 0 Å². The molecule has 190 valence electrons. The van der Waals surface area contributed by atoms with Gasteiger partial charge in [-0.25, -0.2) is 8.42 Å². The van der Waals surface area contributed by atoms with E-state index in [0.29, 0.717) is 30.1 Å². The highest BCUT2D eigenvalue weighted by atomic mass is 32.2. The zero-order valence-corrected chi connectivity index (χ0v) is 21.6. The van der Waals surface area contributed by atoms with Crippen LogP contribution in [-0.4, -0.2) is 38.9 Å². The Bertz CT molecular complexity index is 1170. The molecule has 4 saturated carbocycles. The van der Waals surface area contributed by atoms with Crippen LogP contribution in [0.5, 0.6) is 0 Å². The van der Waals surface area contributed by atoms with Gasteiger partial charge in [-0.1, -0.05) is 24.3 Å². The molecule has 6 aliphatic rings. The van der Waals surface area contributed by atoms with E-state index in [1.807, 2.05) is 26.0 Å². The van der Waals surface area contributed by atoms with E-state index < -0.39 is 26.3 Å². The number of nitrogens with zero attached hydrogens (tertiary/aromatic N) is 1. The molecule has 0 spiro atoms. The van der Waals surface area contributed by atoms with Gasteiger partial charge in [0, 0.05) is 6.42 Å². The standard InChI is InChI=1S/C27H37N3O4S/c1-25(2)23(20-5-3-18(4-6-20)19-7-9-29-10-8-19)35(32,33)30-22(34-25)15-26-12-17-11-21(26)14-27(13-17,16-26)24(28)31/h3-6,17,19,21,23,29H,7-16H2,1-2H3,(H2,28,31)/t17?,21?,23-,26?,27?/m1/s1. The van der Waals surface area contributed by atoms with E-state index in [-0.39, 0.29) is 11.3 Å². The van der Waals surface area contributed by atoms with Crippen LogP contribution in [0.1, 0.15) is 87.5 Å². The van der Waals surface area contributed by atoms with Gasteiger partial charge in [-0.2, -0.15) is 0 Å². The molecule has 5 fully saturated rings. The second kappa shape index (κ2) is 7.78. The van der Waals surface area contributed by atoms with Crippen molar-refractivity contribution in [1.82, 2.24) is 5.32 Å². The Kier molecular flexibility index (Phi) is 5.22. The summed E-state index contributed by atoms with van der Waals surface area (Å²) in [6.45, 7) is 5.74. The van der Waals surface area contributed by atoms with Gasteiger partial charge in [0.15, 0.2) is 0 Å². The van der Waals surface area contributed by atoms with Gasteiger partial charge < -0.3 is 15.8 Å². The van der Waals surface area contributed by atoms with E-state index in [1.54, 1.807) is 0 Å². The molecule has 5 atom stereocenters. The van der Waals surface area contributed by atoms with Crippen LogP contribution in [0.25, 0.3) is 0 Å². The van der Waals surface area contributed by atoms with E-state index in [0.717, 1.165) is 63.6 Å². The topological polar surface area (TPSA) is 111 Å². The molecular weight excluding hydrogens is 462 g/mol. The van der Waals surface area contributed by atoms with E-state index >= 15 is 0 Å². The first-order chi connectivity index (χ1) is 16.5. The summed E-state index contributed by atoms with van der Waals surface area (Å²) in [5.74, 6) is 1.52. The monoisotopic (exact) mass is 499 g/mol. The fourth-order valence-electron chi connectivity index (χ4n) is 8.61. The van der Waals surface area contributed by atoms with Crippen LogP contribution in [0.2, 0.25) is 0 Å². The molecule has 0 radical (unpaired) electrons. The quantitative estimate of drug-likeness (QED) is 0.640. The maximum atomic E-state index is 13.6. The minimum Gasteiger partial charge on any atom is -0.472 e. The number of nitrogens with two attached hydrogens (primary N) is 1. The molecule has 7 nitrogen and oxygen atoms in total. The fourth-order valence-corrected chi connectivity index (χ4v) is 10.4. The van der Waals surface area contributed by atoms with Crippen LogP contribution in [0.4, 0.5) is 0 Å². The lowest BCUT2D eigenvalue weighted by molar-refractivity contribution is -0.130. The molecule has 4 aliphatic carbocycles. The van der Waals surface area contributed by atoms with Crippen LogP contribution >= 0.6 is 0 Å². The number of amides is 1. The molecular formula is C27H37N3O4S. The summed E-state index contributed by atoms with van der Waals surface area (Å²) in [6.07, 6.45) is 7.24. The van der Waals surface area contributed by atoms with Crippen molar-refractivity contribution in [2.24, 2.45) is 32.8 Å². The van der Waals surface area contributed by atoms with Crippen molar-refractivity contribution in [1.29, 1.82) is 0 Å². The third-order valence-corrected chi connectivity index (χ3v) is 11.7. The number of rotatable bonds is 5. The number of hydrogen-bond donors (Lipinski definition) is 2. The van der Waals surface area contributed by atoms with Crippen molar-refractivity contribution in [3.05, 3.63) is 35.4 Å². The first kappa shape index (κ1) is 23.5. The van der Waals surface area contributed by atoms with Crippen LogP contribution in [0.15, 0.2) is 28.7 Å². The Morgan fingerprint density at radius 1 is 1.11 bits per heavy atom. The number of piperidine rings is 1. The molecule has 1 amide bonds. The summed E-state index contributed by atoms with van der Waals surface area (Å²) >= 11 is 0. The number of nitrogens with one attached hydrogen (secondary N) is 1. The van der Waals surface area contributed by atoms with E-state index in [2.05, 4.69) is 21.8 Å². The summed E-state index contributed by atoms with van der Waals surface area (Å²) in [6, 6.07) is 8.04. The maximum absolute atomic E-state index is 13.6. The van der Waals surface area contributed by atoms with Crippen LogP contribution < -0.4 is 11.1 Å². The van der Waals surface area contributed by atoms with E-state index in [4.69, 9.17) is 10.5 Å². The van der Waals surface area contributed by atoms with Gasteiger partial charge >= 0.3 is 0 Å². The lowest BCUT2D eigenvalue weighted by atomic mass is 9.66. The van der Waals surface area contributed by atoms with Gasteiger partial charge in [0.2, 0.25) is 11.8 Å². The smallest absolute Gasteiger partial charge is 0.267 e. The number of hydrogen-bond acceptors (Lipinski definition) is 5. The molecule has 8 heteroatoms. The number of primary amides is 1. The van der Waals surface area contributed by atoms with Crippen molar-refractivity contribution in [2.45, 2.75) is 82.0 Å². The summed E-state index contributed by atoms with van der Waals surface area (Å²) in [5, 5.41) is 2.54. The Balaban J connectivity index is 1.26. The van der Waals surface area contributed by atoms with Crippen molar-refractivity contribution >= 4 is 21.8 Å². The average molecular weight is 500 g/mol. The molecule has 4 unspecified atom stereocenters. The lowest BCUT2D eigenvalue weighted by Gasteiger charge is -2.41. The molecule has 1 aromatic carbocycles. The Labute approximate surface area is 208 Å². The summed E-state index contributed by atoms with van der Waals surface area (Å²) in [4.78, 5) is 12.3. The molecule has 1 saturated heterocycles. The number of sulfonamides is 1. The zero-order valence-electron chi connectivity index (χ0n) is 20.8. The summed E-state index contributed by atoms with van der Waals surface area (Å²) < 4.78 is 37.7. The predicted octanol–water partition coefficient (Wildman–Crippen LogP) is 3.80. The third-order valence-electron chi connectivity index (χ3n) is 9.80. The van der Waals surface area contributed by atoms with Crippen molar-refractivity contribution in [2.75, 3.05) is 13.1 Å². The molecule has 3 N–H and O–H groups in total. The molecule has 0 aromatic heterocycles. The highest BCUT2D eigenvalue weighted by Gasteiger charge is 2.66. The summed E-state index contributed by atoms with van der Waals surface area (Å²) in [5.41, 5.74) is 6.34. The molecule has 7 rings (SSSR count). The molecule has 2 heterocycles. The Morgan fingerprint density at radius 3 is 2.46 bits per heavy atom. The Morgan fingerprint density at radius 2 is 1.80 bits per heavy atom. The van der Waals surface area contributed by atoms with Gasteiger partial charge in [0.05, 0.1) is 5.41 Å². The van der Waals surface area contributed by atoms with Gasteiger partial charge in [-0.15, -0.1) is 4.40 Å². The molecule has 4 bridgehead atoms. The third kappa shape index (κ3) is 3.74. The second-order valence-corrected chi connectivity index (χ2v) is 14.2. The van der Waals surface area contributed by atoms with Crippen LogP contribution in [-0.2, 0) is 19.6 Å². The average Bonchev–Trinajstić information content (AvgIpc) is 3.14. The maximum Gasteiger partial charge on any atom is 0.267 e. The minimum atomic E-state index is -3.82. The van der Waals surface area contributed by atoms with Gasteiger partial charge in [-0.05, 0) is 106 Å². The molecule has 1 aromatic rings. The molecule has 35 heavy (non-hydrogen) atoms. The predicted molar refractivity (Wildman–Crippen MR) is 134 cm³/mol. The number of ether oxygens (including phenoxy) is 1. The molecule has 2 aliphatic heterocycles. The van der Waals surface area contributed by atoms with Crippen LogP contribution in [0, 0.1) is 22.7 Å². The number of carbonyl (C=O) groups is 1. The number of carbonyl (C=O) groups excluding carboxylic acids is 1. The van der Waals surface area contributed by atoms with Crippen molar-refractivity contribution in [3.8, 4) is 0 Å². The highest BCUT2D eigenvalue weighted by molar-refractivity contribution is 7.90. The van der Waals surface area contributed by atoms with Crippen molar-refractivity contribution < 1.29 is 17.9 Å². The van der Waals surface area contributed by atoms with Gasteiger partial charge in [0.1, 0.15) is 10.9 Å². The lowest BCUT2D eigenvalue weighted by Crippen LogP contribution is -2.45. The normalized spacial score (nSPS) is 39.3. The van der Waals surface area contributed by atoms with E-state index in [9.17, 15) is 13.2 Å².